The molecule has 24 heavy (non-hydrogen) atoms. The Hall–Kier alpha value is -2.04. The van der Waals surface area contributed by atoms with Gasteiger partial charge >= 0.3 is 0 Å². The van der Waals surface area contributed by atoms with Crippen molar-refractivity contribution in [2.45, 2.75) is 6.04 Å². The minimum Gasteiger partial charge on any atom is -0.378 e. The van der Waals surface area contributed by atoms with Crippen LogP contribution in [0.3, 0.4) is 0 Å². The molecule has 0 aliphatic carbocycles. The molecule has 2 aromatic carbocycles. The average Bonchev–Trinajstić information content (AvgIpc) is 2.64. The van der Waals surface area contributed by atoms with Gasteiger partial charge in [0.05, 0.1) is 0 Å². The van der Waals surface area contributed by atoms with Gasteiger partial charge in [0.15, 0.2) is 0 Å². The summed E-state index contributed by atoms with van der Waals surface area (Å²) in [5.74, 6) is 0. The molecule has 1 fully saturated rings. The van der Waals surface area contributed by atoms with E-state index in [-0.39, 0.29) is 0 Å². The van der Waals surface area contributed by atoms with E-state index in [9.17, 15) is 0 Å². The molecule has 0 amide bonds. The van der Waals surface area contributed by atoms with Gasteiger partial charge < -0.3 is 15.5 Å². The molecular weight excluding hydrogens is 296 g/mol. The molecule has 1 aliphatic rings. The summed E-state index contributed by atoms with van der Waals surface area (Å²) < 4.78 is 0. The zero-order valence-electron chi connectivity index (χ0n) is 14.7. The topological polar surface area (TPSA) is 35.7 Å². The van der Waals surface area contributed by atoms with E-state index < -0.39 is 0 Å². The van der Waals surface area contributed by atoms with E-state index in [4.69, 9.17) is 5.73 Å². The smallest absolute Gasteiger partial charge is 0.0471 e. The van der Waals surface area contributed by atoms with E-state index >= 15 is 0 Å². The largest absolute Gasteiger partial charge is 0.378 e. The molecule has 2 aromatic rings. The van der Waals surface area contributed by atoms with Gasteiger partial charge in [-0.3, -0.25) is 4.90 Å². The molecule has 3 rings (SSSR count). The van der Waals surface area contributed by atoms with Crippen LogP contribution >= 0.6 is 0 Å². The minimum absolute atomic E-state index is 0.305. The SMILES string of the molecule is CN(C)c1ccc([C@H](CN)N2CCN(c3ccccc3)CC2)cc1. The number of nitrogens with zero attached hydrogens (tertiary/aromatic N) is 3. The Morgan fingerprint density at radius 1 is 0.917 bits per heavy atom. The number of hydrogen-bond acceptors (Lipinski definition) is 4. The standard InChI is InChI=1S/C20H28N4/c1-22(2)18-10-8-17(9-11-18)20(16-21)24-14-12-23(13-15-24)19-6-4-3-5-7-19/h3-11,20H,12-16,21H2,1-2H3/t20-/m0/s1. The normalized spacial score (nSPS) is 16.9. The summed E-state index contributed by atoms with van der Waals surface area (Å²) in [6, 6.07) is 19.8. The summed E-state index contributed by atoms with van der Waals surface area (Å²) in [6.07, 6.45) is 0. The highest BCUT2D eigenvalue weighted by Gasteiger charge is 2.24. The van der Waals surface area contributed by atoms with Crippen LogP contribution in [0.15, 0.2) is 54.6 Å². The van der Waals surface area contributed by atoms with Crippen molar-refractivity contribution < 1.29 is 0 Å². The number of piperazine rings is 1. The Kier molecular flexibility index (Phi) is 5.38. The van der Waals surface area contributed by atoms with Gasteiger partial charge in [-0.25, -0.2) is 0 Å². The first-order valence-electron chi connectivity index (χ1n) is 8.70. The van der Waals surface area contributed by atoms with E-state index in [0.29, 0.717) is 12.6 Å². The van der Waals surface area contributed by atoms with Crippen molar-refractivity contribution in [3.05, 3.63) is 60.2 Å². The predicted molar refractivity (Wildman–Crippen MR) is 103 cm³/mol. The highest BCUT2D eigenvalue weighted by Crippen LogP contribution is 2.25. The second-order valence-electron chi connectivity index (χ2n) is 6.60. The first kappa shape index (κ1) is 16.8. The average molecular weight is 324 g/mol. The summed E-state index contributed by atoms with van der Waals surface area (Å²) in [7, 11) is 4.14. The van der Waals surface area contributed by atoms with Gasteiger partial charge in [0.2, 0.25) is 0 Å². The van der Waals surface area contributed by atoms with Gasteiger partial charge in [-0.1, -0.05) is 30.3 Å². The number of nitrogens with two attached hydrogens (primary N) is 1. The first-order valence-corrected chi connectivity index (χ1v) is 8.70. The molecule has 0 unspecified atom stereocenters. The van der Waals surface area contributed by atoms with Crippen LogP contribution < -0.4 is 15.5 Å². The highest BCUT2D eigenvalue weighted by molar-refractivity contribution is 5.47. The van der Waals surface area contributed by atoms with Crippen LogP contribution in [-0.2, 0) is 0 Å². The van der Waals surface area contributed by atoms with Crippen molar-refractivity contribution in [1.29, 1.82) is 0 Å². The zero-order valence-corrected chi connectivity index (χ0v) is 14.7. The molecule has 0 spiro atoms. The fraction of sp³-hybridized carbons (Fsp3) is 0.400. The molecule has 4 heteroatoms. The predicted octanol–water partition coefficient (Wildman–Crippen LogP) is 2.57. The first-order chi connectivity index (χ1) is 11.7. The van der Waals surface area contributed by atoms with Crippen LogP contribution in [0.1, 0.15) is 11.6 Å². The molecule has 0 aromatic heterocycles. The summed E-state index contributed by atoms with van der Waals surface area (Å²) in [6.45, 7) is 4.86. The Bertz CT molecular complexity index is 616. The molecule has 0 radical (unpaired) electrons. The molecule has 1 saturated heterocycles. The summed E-state index contributed by atoms with van der Waals surface area (Å²) >= 11 is 0. The van der Waals surface area contributed by atoms with Crippen LogP contribution in [0, 0.1) is 0 Å². The van der Waals surface area contributed by atoms with Gasteiger partial charge in [0.1, 0.15) is 0 Å². The van der Waals surface area contributed by atoms with E-state index in [0.717, 1.165) is 26.2 Å². The number of benzene rings is 2. The summed E-state index contributed by atoms with van der Waals surface area (Å²) in [4.78, 5) is 7.10. The molecule has 4 nitrogen and oxygen atoms in total. The van der Waals surface area contributed by atoms with Crippen LogP contribution in [0.4, 0.5) is 11.4 Å². The Morgan fingerprint density at radius 2 is 1.54 bits per heavy atom. The number of anilines is 2. The van der Waals surface area contributed by atoms with Crippen LogP contribution in [0.2, 0.25) is 0 Å². The lowest BCUT2D eigenvalue weighted by Gasteiger charge is -2.40. The second kappa shape index (κ2) is 7.69. The minimum atomic E-state index is 0.305. The lowest BCUT2D eigenvalue weighted by molar-refractivity contribution is 0.190. The van der Waals surface area contributed by atoms with Crippen molar-refractivity contribution in [1.82, 2.24) is 4.90 Å². The third kappa shape index (κ3) is 3.71. The molecular formula is C20H28N4. The van der Waals surface area contributed by atoms with E-state index in [2.05, 4.69) is 83.4 Å². The molecule has 1 atom stereocenters. The number of para-hydroxylation sites is 1. The molecule has 2 N–H and O–H groups in total. The van der Waals surface area contributed by atoms with Crippen molar-refractivity contribution in [3.63, 3.8) is 0 Å². The molecule has 128 valence electrons. The van der Waals surface area contributed by atoms with Crippen molar-refractivity contribution in [2.24, 2.45) is 5.73 Å². The Morgan fingerprint density at radius 3 is 2.08 bits per heavy atom. The molecule has 0 bridgehead atoms. The van der Waals surface area contributed by atoms with Gasteiger partial charge in [-0.2, -0.15) is 0 Å². The highest BCUT2D eigenvalue weighted by atomic mass is 15.3. The molecule has 1 aliphatic heterocycles. The van der Waals surface area contributed by atoms with Crippen LogP contribution in [0.5, 0.6) is 0 Å². The van der Waals surface area contributed by atoms with Crippen molar-refractivity contribution in [3.8, 4) is 0 Å². The van der Waals surface area contributed by atoms with E-state index in [1.807, 2.05) is 0 Å². The lowest BCUT2D eigenvalue weighted by Crippen LogP contribution is -2.49. The van der Waals surface area contributed by atoms with Crippen molar-refractivity contribution in [2.75, 3.05) is 56.6 Å². The maximum atomic E-state index is 6.11. The summed E-state index contributed by atoms with van der Waals surface area (Å²) in [5.41, 5.74) is 9.97. The fourth-order valence-electron chi connectivity index (χ4n) is 3.42. The lowest BCUT2D eigenvalue weighted by atomic mass is 10.0. The zero-order chi connectivity index (χ0) is 16.9. The Labute approximate surface area is 145 Å². The van der Waals surface area contributed by atoms with Crippen LogP contribution in [0.25, 0.3) is 0 Å². The third-order valence-electron chi connectivity index (χ3n) is 4.89. The van der Waals surface area contributed by atoms with Gasteiger partial charge in [-0.05, 0) is 29.8 Å². The Balaban J connectivity index is 1.65. The monoisotopic (exact) mass is 324 g/mol. The number of rotatable bonds is 5. The quantitative estimate of drug-likeness (QED) is 0.917. The molecule has 0 saturated carbocycles. The van der Waals surface area contributed by atoms with Crippen molar-refractivity contribution >= 4 is 11.4 Å². The maximum absolute atomic E-state index is 6.11. The van der Waals surface area contributed by atoms with Gasteiger partial charge in [0.25, 0.3) is 0 Å². The summed E-state index contributed by atoms with van der Waals surface area (Å²) in [5, 5.41) is 0. The molecule has 1 heterocycles. The van der Waals surface area contributed by atoms with Crippen LogP contribution in [-0.4, -0.2) is 51.7 Å². The third-order valence-corrected chi connectivity index (χ3v) is 4.89. The van der Waals surface area contributed by atoms with E-state index in [1.165, 1.54) is 16.9 Å². The van der Waals surface area contributed by atoms with Gasteiger partial charge in [-0.15, -0.1) is 0 Å². The van der Waals surface area contributed by atoms with E-state index in [1.54, 1.807) is 0 Å². The maximum Gasteiger partial charge on any atom is 0.0471 e. The second-order valence-corrected chi connectivity index (χ2v) is 6.60. The number of hydrogen-bond donors (Lipinski definition) is 1. The fourth-order valence-corrected chi connectivity index (χ4v) is 3.42. The van der Waals surface area contributed by atoms with Gasteiger partial charge in [0, 0.05) is 64.2 Å².